The number of carboxylic acids is 1. The highest BCUT2D eigenvalue weighted by atomic mass is 16.4. The highest BCUT2D eigenvalue weighted by Crippen LogP contribution is 2.05. The molecule has 4 N–H and O–H groups in total. The van der Waals surface area contributed by atoms with E-state index in [-0.39, 0.29) is 18.5 Å². The van der Waals surface area contributed by atoms with Crippen molar-refractivity contribution in [2.24, 2.45) is 11.7 Å². The molecule has 0 aromatic carbocycles. The summed E-state index contributed by atoms with van der Waals surface area (Å²) in [6.45, 7) is 3.97. The maximum atomic E-state index is 11.3. The minimum Gasteiger partial charge on any atom is -0.481 e. The lowest BCUT2D eigenvalue weighted by Gasteiger charge is -2.12. The lowest BCUT2D eigenvalue weighted by atomic mass is 10.0. The molecule has 0 fully saturated rings. The van der Waals surface area contributed by atoms with E-state index in [0.717, 1.165) is 6.42 Å². The van der Waals surface area contributed by atoms with Gasteiger partial charge in [-0.25, -0.2) is 0 Å². The molecule has 5 nitrogen and oxygen atoms in total. The summed E-state index contributed by atoms with van der Waals surface area (Å²) < 4.78 is 0. The molecule has 0 heterocycles. The Morgan fingerprint density at radius 2 is 2.00 bits per heavy atom. The molecule has 0 aliphatic rings. The smallest absolute Gasteiger partial charge is 0.308 e. The molecule has 0 aliphatic heterocycles. The molecule has 2 atom stereocenters. The molecule has 0 saturated carbocycles. The van der Waals surface area contributed by atoms with E-state index in [1.807, 2.05) is 13.8 Å². The third-order valence-electron chi connectivity index (χ3n) is 2.36. The molecule has 94 valence electrons. The third kappa shape index (κ3) is 7.23. The Kier molecular flexibility index (Phi) is 7.54. The summed E-state index contributed by atoms with van der Waals surface area (Å²) in [5.41, 5.74) is 5.52. The molecule has 0 saturated heterocycles. The van der Waals surface area contributed by atoms with Crippen LogP contribution in [0.2, 0.25) is 0 Å². The number of carboxylic acid groups (broad SMARTS) is 1. The molecule has 0 aromatic rings. The van der Waals surface area contributed by atoms with Gasteiger partial charge in [0.25, 0.3) is 0 Å². The second-order valence-corrected chi connectivity index (χ2v) is 4.14. The number of amides is 1. The average molecular weight is 230 g/mol. The van der Waals surface area contributed by atoms with Crippen molar-refractivity contribution >= 4 is 11.9 Å². The third-order valence-corrected chi connectivity index (χ3v) is 2.36. The molecule has 1 amide bonds. The molecular formula is C11H22N2O3. The van der Waals surface area contributed by atoms with Gasteiger partial charge in [-0.3, -0.25) is 9.59 Å². The van der Waals surface area contributed by atoms with Crippen LogP contribution in [0.4, 0.5) is 0 Å². The van der Waals surface area contributed by atoms with Crippen molar-refractivity contribution in [2.45, 2.75) is 45.6 Å². The van der Waals surface area contributed by atoms with Crippen molar-refractivity contribution in [3.05, 3.63) is 0 Å². The zero-order valence-corrected chi connectivity index (χ0v) is 10.0. The van der Waals surface area contributed by atoms with Crippen LogP contribution in [0, 0.1) is 5.92 Å². The van der Waals surface area contributed by atoms with E-state index in [1.165, 1.54) is 0 Å². The fourth-order valence-corrected chi connectivity index (χ4v) is 1.35. The number of nitrogens with one attached hydrogen (secondary N) is 1. The van der Waals surface area contributed by atoms with Gasteiger partial charge in [0.1, 0.15) is 0 Å². The van der Waals surface area contributed by atoms with Crippen LogP contribution >= 0.6 is 0 Å². The van der Waals surface area contributed by atoms with Crippen molar-refractivity contribution in [1.82, 2.24) is 5.32 Å². The normalized spacial score (nSPS) is 14.2. The second kappa shape index (κ2) is 8.10. The first-order chi connectivity index (χ1) is 7.47. The highest BCUT2D eigenvalue weighted by molar-refractivity contribution is 5.77. The van der Waals surface area contributed by atoms with Gasteiger partial charge in [-0.1, -0.05) is 13.3 Å². The lowest BCUT2D eigenvalue weighted by Crippen LogP contribution is -2.33. The number of aliphatic carboxylic acids is 1. The topological polar surface area (TPSA) is 92.4 Å². The Morgan fingerprint density at radius 3 is 2.44 bits per heavy atom. The van der Waals surface area contributed by atoms with E-state index in [4.69, 9.17) is 10.8 Å². The fraction of sp³-hybridized carbons (Fsp3) is 0.818. The average Bonchev–Trinajstić information content (AvgIpc) is 2.20. The van der Waals surface area contributed by atoms with E-state index >= 15 is 0 Å². The fourth-order valence-electron chi connectivity index (χ4n) is 1.35. The quantitative estimate of drug-likeness (QED) is 0.573. The standard InChI is InChI=1S/C11H22N2O3/c1-3-4-9(11(15)16)7-13-10(14)6-5-8(2)12/h8-9H,3-7,12H2,1-2H3,(H,13,14)(H,15,16). The zero-order valence-electron chi connectivity index (χ0n) is 10.0. The molecule has 0 radical (unpaired) electrons. The van der Waals surface area contributed by atoms with Crippen LogP contribution in [0.3, 0.4) is 0 Å². The van der Waals surface area contributed by atoms with Gasteiger partial charge in [-0.2, -0.15) is 0 Å². The first-order valence-corrected chi connectivity index (χ1v) is 5.72. The van der Waals surface area contributed by atoms with Crippen molar-refractivity contribution in [1.29, 1.82) is 0 Å². The van der Waals surface area contributed by atoms with Crippen molar-refractivity contribution in [3.8, 4) is 0 Å². The number of carbonyl (C=O) groups is 2. The van der Waals surface area contributed by atoms with Crippen LogP contribution in [0.1, 0.15) is 39.5 Å². The highest BCUT2D eigenvalue weighted by Gasteiger charge is 2.16. The molecule has 0 aromatic heterocycles. The second-order valence-electron chi connectivity index (χ2n) is 4.14. The molecule has 0 bridgehead atoms. The summed E-state index contributed by atoms with van der Waals surface area (Å²) in [6.07, 6.45) is 2.36. The van der Waals surface area contributed by atoms with Crippen LogP contribution in [0.15, 0.2) is 0 Å². The molecule has 16 heavy (non-hydrogen) atoms. The van der Waals surface area contributed by atoms with Crippen molar-refractivity contribution in [3.63, 3.8) is 0 Å². The monoisotopic (exact) mass is 230 g/mol. The number of rotatable bonds is 8. The molecule has 0 rings (SSSR count). The summed E-state index contributed by atoms with van der Waals surface area (Å²) in [5.74, 6) is -1.46. The summed E-state index contributed by atoms with van der Waals surface area (Å²) >= 11 is 0. The van der Waals surface area contributed by atoms with E-state index < -0.39 is 11.9 Å². The van der Waals surface area contributed by atoms with Gasteiger partial charge < -0.3 is 16.2 Å². The van der Waals surface area contributed by atoms with Gasteiger partial charge in [0.05, 0.1) is 5.92 Å². The van der Waals surface area contributed by atoms with Gasteiger partial charge >= 0.3 is 5.97 Å². The van der Waals surface area contributed by atoms with E-state index in [1.54, 1.807) is 0 Å². The summed E-state index contributed by atoms with van der Waals surface area (Å²) in [7, 11) is 0. The van der Waals surface area contributed by atoms with Crippen LogP contribution in [-0.4, -0.2) is 29.6 Å². The van der Waals surface area contributed by atoms with Crippen LogP contribution in [0.5, 0.6) is 0 Å². The Hall–Kier alpha value is -1.10. The Labute approximate surface area is 96.4 Å². The van der Waals surface area contributed by atoms with Gasteiger partial charge in [0.2, 0.25) is 5.91 Å². The summed E-state index contributed by atoms with van der Waals surface area (Å²) in [4.78, 5) is 22.1. The van der Waals surface area contributed by atoms with Gasteiger partial charge in [-0.15, -0.1) is 0 Å². The Bertz CT molecular complexity index is 229. The Morgan fingerprint density at radius 1 is 1.38 bits per heavy atom. The van der Waals surface area contributed by atoms with E-state index in [9.17, 15) is 9.59 Å². The number of carbonyl (C=O) groups excluding carboxylic acids is 1. The molecule has 0 aliphatic carbocycles. The summed E-state index contributed by atoms with van der Waals surface area (Å²) in [6, 6.07) is -0.00309. The predicted molar refractivity (Wildman–Crippen MR) is 61.9 cm³/mol. The lowest BCUT2D eigenvalue weighted by molar-refractivity contribution is -0.141. The van der Waals surface area contributed by atoms with Crippen LogP contribution in [0.25, 0.3) is 0 Å². The maximum absolute atomic E-state index is 11.3. The number of hydrogen-bond acceptors (Lipinski definition) is 3. The van der Waals surface area contributed by atoms with E-state index in [2.05, 4.69) is 5.32 Å². The van der Waals surface area contributed by atoms with Gasteiger partial charge in [-0.05, 0) is 19.8 Å². The van der Waals surface area contributed by atoms with Crippen LogP contribution < -0.4 is 11.1 Å². The predicted octanol–water partition coefficient (Wildman–Crippen LogP) is 0.731. The van der Waals surface area contributed by atoms with Crippen LogP contribution in [-0.2, 0) is 9.59 Å². The minimum atomic E-state index is -0.852. The molecule has 5 heteroatoms. The Balaban J connectivity index is 3.82. The minimum absolute atomic E-state index is 0.00309. The number of nitrogens with two attached hydrogens (primary N) is 1. The van der Waals surface area contributed by atoms with Crippen molar-refractivity contribution < 1.29 is 14.7 Å². The first kappa shape index (κ1) is 14.9. The van der Waals surface area contributed by atoms with E-state index in [0.29, 0.717) is 19.3 Å². The zero-order chi connectivity index (χ0) is 12.6. The van der Waals surface area contributed by atoms with Gasteiger partial charge in [0.15, 0.2) is 0 Å². The van der Waals surface area contributed by atoms with Gasteiger partial charge in [0, 0.05) is 19.0 Å². The van der Waals surface area contributed by atoms with Crippen molar-refractivity contribution in [2.75, 3.05) is 6.54 Å². The molecule has 0 spiro atoms. The SMILES string of the molecule is CCCC(CNC(=O)CCC(C)N)C(=O)O. The molecular weight excluding hydrogens is 208 g/mol. The first-order valence-electron chi connectivity index (χ1n) is 5.72. The summed E-state index contributed by atoms with van der Waals surface area (Å²) in [5, 5.41) is 11.5. The maximum Gasteiger partial charge on any atom is 0.308 e. The number of hydrogen-bond donors (Lipinski definition) is 3. The molecule has 2 unspecified atom stereocenters. The largest absolute Gasteiger partial charge is 0.481 e.